The van der Waals surface area contributed by atoms with Crippen molar-refractivity contribution in [1.82, 2.24) is 5.32 Å². The Hall–Kier alpha value is -1.46. The fraction of sp³-hybridized carbons (Fsp3) is 0.385. The van der Waals surface area contributed by atoms with Crippen LogP contribution in [0, 0.1) is 12.8 Å². The summed E-state index contributed by atoms with van der Waals surface area (Å²) in [6.45, 7) is 4.91. The number of benzene rings is 1. The fourth-order valence-corrected chi connectivity index (χ4v) is 1.93. The van der Waals surface area contributed by atoms with Gasteiger partial charge in [0.2, 0.25) is 0 Å². The van der Waals surface area contributed by atoms with Gasteiger partial charge in [-0.2, -0.15) is 0 Å². The van der Waals surface area contributed by atoms with Gasteiger partial charge in [-0.25, -0.2) is 4.79 Å². The van der Waals surface area contributed by atoms with Crippen molar-refractivity contribution < 1.29 is 14.7 Å². The van der Waals surface area contributed by atoms with E-state index >= 15 is 0 Å². The van der Waals surface area contributed by atoms with E-state index in [2.05, 4.69) is 10.6 Å². The predicted octanol–water partition coefficient (Wildman–Crippen LogP) is 3.53. The molecule has 0 saturated carbocycles. The third-order valence-electron chi connectivity index (χ3n) is 3.02. The van der Waals surface area contributed by atoms with Gasteiger partial charge in [0.1, 0.15) is 0 Å². The predicted molar refractivity (Wildman–Crippen MR) is 79.6 cm³/mol. The Morgan fingerprint density at radius 1 is 1.25 bits per heavy atom. The van der Waals surface area contributed by atoms with Crippen LogP contribution in [0.3, 0.4) is 0 Å². The van der Waals surface area contributed by atoms with E-state index in [1.54, 1.807) is 26.0 Å². The Balaban J connectivity index is 2.77. The Morgan fingerprint density at radius 3 is 2.40 bits per heavy atom. The maximum absolute atomic E-state index is 11.8. The first-order valence-corrected chi connectivity index (χ1v) is 6.74. The Morgan fingerprint density at radius 2 is 1.85 bits per heavy atom. The average molecular weight is 319 g/mol. The van der Waals surface area contributed by atoms with Crippen LogP contribution >= 0.6 is 23.2 Å². The minimum atomic E-state index is -0.982. The quantitative estimate of drug-likeness (QED) is 0.794. The third-order valence-corrected chi connectivity index (χ3v) is 3.82. The molecule has 0 saturated heterocycles. The number of aliphatic carboxylic acids is 1. The lowest BCUT2D eigenvalue weighted by molar-refractivity contribution is -0.141. The molecule has 0 heterocycles. The molecule has 2 unspecified atom stereocenters. The van der Waals surface area contributed by atoms with Gasteiger partial charge in [-0.1, -0.05) is 29.3 Å². The van der Waals surface area contributed by atoms with Crippen LogP contribution in [0.25, 0.3) is 0 Å². The minimum Gasteiger partial charge on any atom is -0.481 e. The summed E-state index contributed by atoms with van der Waals surface area (Å²) < 4.78 is 0. The topological polar surface area (TPSA) is 78.4 Å². The molecule has 0 radical (unpaired) electrons. The average Bonchev–Trinajstić information content (AvgIpc) is 2.38. The molecule has 7 heteroatoms. The van der Waals surface area contributed by atoms with Crippen LogP contribution in [0.2, 0.25) is 10.0 Å². The van der Waals surface area contributed by atoms with Crippen LogP contribution in [-0.2, 0) is 4.79 Å². The highest BCUT2D eigenvalue weighted by Gasteiger charge is 2.21. The second-order valence-electron chi connectivity index (χ2n) is 4.57. The molecule has 0 aliphatic heterocycles. The molecular weight excluding hydrogens is 303 g/mol. The lowest BCUT2D eigenvalue weighted by Crippen LogP contribution is -2.42. The van der Waals surface area contributed by atoms with Gasteiger partial charge in [0, 0.05) is 6.04 Å². The number of rotatable bonds is 4. The standard InChI is InChI=1S/C13H16Cl2N2O3/c1-6-4-5-9(14)11(10(6)15)17-13(20)16-8(3)7(2)12(18)19/h4-5,7-8H,1-3H3,(H,18,19)(H2,16,17,20). The number of hydrogen-bond donors (Lipinski definition) is 3. The van der Waals surface area contributed by atoms with Crippen molar-refractivity contribution >= 4 is 40.9 Å². The molecule has 0 aliphatic rings. The molecule has 5 nitrogen and oxygen atoms in total. The number of nitrogens with one attached hydrogen (secondary N) is 2. The number of hydrogen-bond acceptors (Lipinski definition) is 2. The molecule has 110 valence electrons. The zero-order valence-electron chi connectivity index (χ0n) is 11.3. The van der Waals surface area contributed by atoms with Crippen LogP contribution in [0.1, 0.15) is 19.4 Å². The van der Waals surface area contributed by atoms with E-state index in [0.717, 1.165) is 5.56 Å². The molecule has 1 aromatic rings. The number of carboxylic acids is 1. The van der Waals surface area contributed by atoms with E-state index in [0.29, 0.717) is 15.7 Å². The lowest BCUT2D eigenvalue weighted by atomic mass is 10.0. The molecular formula is C13H16Cl2N2O3. The number of urea groups is 1. The molecule has 0 fully saturated rings. The van der Waals surface area contributed by atoms with Crippen molar-refractivity contribution in [2.75, 3.05) is 5.32 Å². The van der Waals surface area contributed by atoms with Crippen LogP contribution in [-0.4, -0.2) is 23.1 Å². The molecule has 2 amide bonds. The van der Waals surface area contributed by atoms with Gasteiger partial charge in [0.15, 0.2) is 0 Å². The maximum atomic E-state index is 11.8. The molecule has 20 heavy (non-hydrogen) atoms. The van der Waals surface area contributed by atoms with E-state index in [9.17, 15) is 9.59 Å². The lowest BCUT2D eigenvalue weighted by Gasteiger charge is -2.19. The van der Waals surface area contributed by atoms with Gasteiger partial charge >= 0.3 is 12.0 Å². The number of carbonyl (C=O) groups is 2. The fourth-order valence-electron chi connectivity index (χ4n) is 1.47. The number of amides is 2. The highest BCUT2D eigenvalue weighted by atomic mass is 35.5. The number of aryl methyl sites for hydroxylation is 1. The Bertz CT molecular complexity index is 535. The molecule has 0 aromatic heterocycles. The van der Waals surface area contributed by atoms with Gasteiger partial charge in [-0.3, -0.25) is 4.79 Å². The molecule has 2 atom stereocenters. The van der Waals surface area contributed by atoms with E-state index in [4.69, 9.17) is 28.3 Å². The van der Waals surface area contributed by atoms with Crippen LogP contribution in [0.4, 0.5) is 10.5 Å². The summed E-state index contributed by atoms with van der Waals surface area (Å²) in [5.41, 5.74) is 1.08. The first-order chi connectivity index (χ1) is 9.23. The Kier molecular flexibility index (Phi) is 5.65. The molecule has 3 N–H and O–H groups in total. The number of carboxylic acid groups (broad SMARTS) is 1. The van der Waals surface area contributed by atoms with Gasteiger partial charge in [0.05, 0.1) is 21.7 Å². The summed E-state index contributed by atoms with van der Waals surface area (Å²) in [7, 11) is 0. The normalized spacial score (nSPS) is 13.4. The van der Waals surface area contributed by atoms with Crippen molar-refractivity contribution in [2.45, 2.75) is 26.8 Å². The summed E-state index contributed by atoms with van der Waals surface area (Å²) in [5, 5.41) is 14.6. The molecule has 1 aromatic carbocycles. The molecule has 0 bridgehead atoms. The van der Waals surface area contributed by atoms with Crippen molar-refractivity contribution in [2.24, 2.45) is 5.92 Å². The van der Waals surface area contributed by atoms with Gasteiger partial charge < -0.3 is 15.7 Å². The highest BCUT2D eigenvalue weighted by molar-refractivity contribution is 6.40. The number of anilines is 1. The summed E-state index contributed by atoms with van der Waals surface area (Å²) in [6, 6.07) is 2.28. The van der Waals surface area contributed by atoms with Crippen molar-refractivity contribution in [3.63, 3.8) is 0 Å². The van der Waals surface area contributed by atoms with E-state index in [-0.39, 0.29) is 0 Å². The monoisotopic (exact) mass is 318 g/mol. The summed E-state index contributed by atoms with van der Waals surface area (Å²) in [6.07, 6.45) is 0. The first kappa shape index (κ1) is 16.6. The second-order valence-corrected chi connectivity index (χ2v) is 5.35. The highest BCUT2D eigenvalue weighted by Crippen LogP contribution is 2.32. The van der Waals surface area contributed by atoms with Crippen LogP contribution < -0.4 is 10.6 Å². The minimum absolute atomic E-state index is 0.306. The summed E-state index contributed by atoms with van der Waals surface area (Å²) in [4.78, 5) is 22.7. The summed E-state index contributed by atoms with van der Waals surface area (Å²) in [5.74, 6) is -1.69. The SMILES string of the molecule is Cc1ccc(Cl)c(NC(=O)NC(C)C(C)C(=O)O)c1Cl. The first-order valence-electron chi connectivity index (χ1n) is 5.99. The molecule has 0 aliphatic carbocycles. The van der Waals surface area contributed by atoms with Crippen molar-refractivity contribution in [3.8, 4) is 0 Å². The molecule has 1 rings (SSSR count). The number of halogens is 2. The van der Waals surface area contributed by atoms with Gasteiger partial charge in [0.25, 0.3) is 0 Å². The van der Waals surface area contributed by atoms with Crippen molar-refractivity contribution in [3.05, 3.63) is 27.7 Å². The third kappa shape index (κ3) is 4.02. The smallest absolute Gasteiger partial charge is 0.319 e. The zero-order chi connectivity index (χ0) is 15.4. The van der Waals surface area contributed by atoms with Crippen LogP contribution in [0.15, 0.2) is 12.1 Å². The Labute approximate surface area is 127 Å². The van der Waals surface area contributed by atoms with E-state index in [1.165, 1.54) is 6.92 Å². The van der Waals surface area contributed by atoms with E-state index < -0.39 is 24.0 Å². The van der Waals surface area contributed by atoms with Gasteiger partial charge in [-0.15, -0.1) is 0 Å². The summed E-state index contributed by atoms with van der Waals surface area (Å²) >= 11 is 12.0. The second kappa shape index (κ2) is 6.81. The number of carbonyl (C=O) groups excluding carboxylic acids is 1. The van der Waals surface area contributed by atoms with Gasteiger partial charge in [-0.05, 0) is 32.4 Å². The maximum Gasteiger partial charge on any atom is 0.319 e. The zero-order valence-corrected chi connectivity index (χ0v) is 12.8. The van der Waals surface area contributed by atoms with Crippen molar-refractivity contribution in [1.29, 1.82) is 0 Å². The van der Waals surface area contributed by atoms with Crippen LogP contribution in [0.5, 0.6) is 0 Å². The molecule has 0 spiro atoms. The van der Waals surface area contributed by atoms with E-state index in [1.807, 2.05) is 0 Å². The largest absolute Gasteiger partial charge is 0.481 e.